The maximum absolute atomic E-state index is 13.5. The highest BCUT2D eigenvalue weighted by Gasteiger charge is 2.55. The molecule has 2 aliphatic heterocycles. The van der Waals surface area contributed by atoms with Gasteiger partial charge in [0.1, 0.15) is 5.75 Å². The second-order valence-corrected chi connectivity index (χ2v) is 9.08. The molecule has 3 rings (SSSR count). The molecule has 2 saturated heterocycles. The minimum Gasteiger partial charge on any atom is -0.497 e. The molecule has 8 heteroatoms. The maximum Gasteiger partial charge on any atom is 0.254 e. The van der Waals surface area contributed by atoms with Crippen molar-refractivity contribution in [1.82, 2.24) is 15.1 Å². The van der Waals surface area contributed by atoms with Crippen LogP contribution in [0.2, 0.25) is 0 Å². The summed E-state index contributed by atoms with van der Waals surface area (Å²) in [6, 6.07) is 5.11. The van der Waals surface area contributed by atoms with Crippen molar-refractivity contribution in [3.8, 4) is 5.75 Å². The molecule has 0 bridgehead atoms. The number of aryl methyl sites for hydroxylation is 1. The third-order valence-electron chi connectivity index (χ3n) is 6.62. The zero-order chi connectivity index (χ0) is 23.5. The first-order valence-electron chi connectivity index (χ1n) is 11.3. The number of carbonyl (C=O) groups is 3. The number of hydrogen-bond donors (Lipinski definition) is 1. The lowest BCUT2D eigenvalue weighted by Gasteiger charge is -2.54. The quantitative estimate of drug-likeness (QED) is 0.694. The lowest BCUT2D eigenvalue weighted by molar-refractivity contribution is -0.157. The summed E-state index contributed by atoms with van der Waals surface area (Å²) in [5.41, 5.74) is 0.602. The van der Waals surface area contributed by atoms with Gasteiger partial charge in [0.05, 0.1) is 19.1 Å². The van der Waals surface area contributed by atoms with E-state index in [0.717, 1.165) is 5.56 Å². The molecule has 2 atom stereocenters. The summed E-state index contributed by atoms with van der Waals surface area (Å²) in [5, 5.41) is 3.06. The first kappa shape index (κ1) is 24.0. The summed E-state index contributed by atoms with van der Waals surface area (Å²) in [4.78, 5) is 43.3. The fraction of sp³-hybridized carbons (Fsp3) is 0.625. The number of nitrogens with zero attached hydrogens (tertiary/aromatic N) is 2. The predicted molar refractivity (Wildman–Crippen MR) is 121 cm³/mol. The van der Waals surface area contributed by atoms with Crippen LogP contribution in [0.4, 0.5) is 0 Å². The van der Waals surface area contributed by atoms with Gasteiger partial charge in [0.2, 0.25) is 11.8 Å². The van der Waals surface area contributed by atoms with Crippen LogP contribution in [0.25, 0.3) is 0 Å². The minimum absolute atomic E-state index is 0.0301. The molecule has 0 spiro atoms. The lowest BCUT2D eigenvalue weighted by atomic mass is 9.68. The normalized spacial score (nSPS) is 23.2. The smallest absolute Gasteiger partial charge is 0.254 e. The Morgan fingerprint density at radius 1 is 1.28 bits per heavy atom. The fourth-order valence-corrected chi connectivity index (χ4v) is 4.99. The van der Waals surface area contributed by atoms with Crippen molar-refractivity contribution in [2.45, 2.75) is 52.1 Å². The number of likely N-dealkylation sites (tertiary alicyclic amines) is 2. The van der Waals surface area contributed by atoms with Gasteiger partial charge in [-0.2, -0.15) is 0 Å². The molecule has 2 heterocycles. The molecule has 176 valence electrons. The number of methoxy groups -OCH3 is 2. The molecule has 0 aliphatic carbocycles. The second kappa shape index (κ2) is 9.90. The Morgan fingerprint density at radius 3 is 2.66 bits per heavy atom. The van der Waals surface area contributed by atoms with E-state index in [1.54, 1.807) is 36.2 Å². The summed E-state index contributed by atoms with van der Waals surface area (Å²) in [5.74, 6) is 0.563. The molecular formula is C24H35N3O5. The number of carbonyl (C=O) groups excluding carboxylic acids is 3. The largest absolute Gasteiger partial charge is 0.497 e. The molecule has 0 aromatic heterocycles. The van der Waals surface area contributed by atoms with Crippen molar-refractivity contribution in [2.24, 2.45) is 5.41 Å². The van der Waals surface area contributed by atoms with E-state index in [0.29, 0.717) is 43.9 Å². The molecule has 0 unspecified atom stereocenters. The molecule has 0 saturated carbocycles. The third-order valence-corrected chi connectivity index (χ3v) is 6.62. The van der Waals surface area contributed by atoms with E-state index in [1.165, 1.54) is 0 Å². The number of rotatable bonds is 7. The van der Waals surface area contributed by atoms with Gasteiger partial charge in [-0.15, -0.1) is 0 Å². The maximum atomic E-state index is 13.5. The Kier molecular flexibility index (Phi) is 7.44. The van der Waals surface area contributed by atoms with Gasteiger partial charge in [-0.25, -0.2) is 0 Å². The number of hydrogen-bond acceptors (Lipinski definition) is 5. The number of piperidine rings is 2. The Bertz CT molecular complexity index is 871. The summed E-state index contributed by atoms with van der Waals surface area (Å²) in [7, 11) is 3.20. The van der Waals surface area contributed by atoms with Crippen molar-refractivity contribution in [2.75, 3.05) is 40.5 Å². The van der Waals surface area contributed by atoms with Crippen molar-refractivity contribution in [1.29, 1.82) is 0 Å². The highest BCUT2D eigenvalue weighted by molar-refractivity contribution is 5.97. The molecule has 1 aromatic rings. The fourth-order valence-electron chi connectivity index (χ4n) is 4.99. The van der Waals surface area contributed by atoms with Gasteiger partial charge < -0.3 is 24.6 Å². The zero-order valence-corrected chi connectivity index (χ0v) is 19.8. The summed E-state index contributed by atoms with van der Waals surface area (Å²) < 4.78 is 10.5. The van der Waals surface area contributed by atoms with Gasteiger partial charge in [-0.05, 0) is 57.4 Å². The van der Waals surface area contributed by atoms with Crippen LogP contribution in [0.5, 0.6) is 5.75 Å². The molecule has 3 amide bonds. The number of benzene rings is 1. The highest BCUT2D eigenvalue weighted by atomic mass is 16.5. The van der Waals surface area contributed by atoms with Crippen LogP contribution >= 0.6 is 0 Å². The van der Waals surface area contributed by atoms with Gasteiger partial charge in [0, 0.05) is 50.8 Å². The topological polar surface area (TPSA) is 88.2 Å². The predicted octanol–water partition coefficient (Wildman–Crippen LogP) is 2.00. The Hall–Kier alpha value is -2.61. The van der Waals surface area contributed by atoms with Gasteiger partial charge in [-0.1, -0.05) is 0 Å². The molecule has 2 aliphatic rings. The number of amides is 3. The standard InChI is InChI=1S/C24H35N3O5/c1-16(2)25-23(30)24-10-8-21(28)27(12-13-31-4)20(24)9-11-26(15-24)22(29)19-7-6-18(32-5)14-17(19)3/h6-7,14,16,20H,8-13,15H2,1-5H3,(H,25,30)/t20-,24+/m1/s1. The first-order valence-corrected chi connectivity index (χ1v) is 11.3. The van der Waals surface area contributed by atoms with Crippen LogP contribution < -0.4 is 10.1 Å². The third kappa shape index (κ3) is 4.60. The van der Waals surface area contributed by atoms with E-state index in [1.807, 2.05) is 26.8 Å². The Balaban J connectivity index is 1.92. The number of ether oxygens (including phenoxy) is 2. The van der Waals surface area contributed by atoms with Crippen LogP contribution in [0.15, 0.2) is 18.2 Å². The van der Waals surface area contributed by atoms with Gasteiger partial charge in [-0.3, -0.25) is 14.4 Å². The van der Waals surface area contributed by atoms with Crippen molar-refractivity contribution in [3.63, 3.8) is 0 Å². The second-order valence-electron chi connectivity index (χ2n) is 9.08. The molecule has 2 fully saturated rings. The Labute approximate surface area is 190 Å². The summed E-state index contributed by atoms with van der Waals surface area (Å²) in [6.07, 6.45) is 1.28. The molecule has 1 aromatic carbocycles. The van der Waals surface area contributed by atoms with E-state index >= 15 is 0 Å². The van der Waals surface area contributed by atoms with Crippen molar-refractivity contribution >= 4 is 17.7 Å². The number of fused-ring (bicyclic) bond motifs is 1. The monoisotopic (exact) mass is 445 g/mol. The van der Waals surface area contributed by atoms with Crippen LogP contribution in [0.3, 0.4) is 0 Å². The van der Waals surface area contributed by atoms with E-state index < -0.39 is 5.41 Å². The van der Waals surface area contributed by atoms with Gasteiger partial charge in [0.15, 0.2) is 0 Å². The minimum atomic E-state index is -0.833. The van der Waals surface area contributed by atoms with Gasteiger partial charge >= 0.3 is 0 Å². The van der Waals surface area contributed by atoms with E-state index in [4.69, 9.17) is 9.47 Å². The molecule has 0 radical (unpaired) electrons. The zero-order valence-electron chi connectivity index (χ0n) is 19.8. The number of nitrogens with one attached hydrogen (secondary N) is 1. The lowest BCUT2D eigenvalue weighted by Crippen LogP contribution is -2.68. The first-order chi connectivity index (χ1) is 15.2. The van der Waals surface area contributed by atoms with E-state index in [2.05, 4.69) is 5.32 Å². The summed E-state index contributed by atoms with van der Waals surface area (Å²) in [6.45, 7) is 7.37. The average molecular weight is 446 g/mol. The molecule has 1 N–H and O–H groups in total. The van der Waals surface area contributed by atoms with Crippen molar-refractivity contribution < 1.29 is 23.9 Å². The van der Waals surface area contributed by atoms with E-state index in [9.17, 15) is 14.4 Å². The van der Waals surface area contributed by atoms with Crippen LogP contribution in [0, 0.1) is 12.3 Å². The highest BCUT2D eigenvalue weighted by Crippen LogP contribution is 2.43. The molecule has 8 nitrogen and oxygen atoms in total. The van der Waals surface area contributed by atoms with Crippen LogP contribution in [-0.4, -0.2) is 80.1 Å². The van der Waals surface area contributed by atoms with E-state index in [-0.39, 0.29) is 42.8 Å². The van der Waals surface area contributed by atoms with Crippen LogP contribution in [0.1, 0.15) is 49.0 Å². The molecule has 32 heavy (non-hydrogen) atoms. The Morgan fingerprint density at radius 2 is 2.03 bits per heavy atom. The van der Waals surface area contributed by atoms with Gasteiger partial charge in [0.25, 0.3) is 5.91 Å². The SMILES string of the molecule is COCCN1C(=O)CC[C@]2(C(=O)NC(C)C)CN(C(=O)c3ccc(OC)cc3C)CC[C@@H]12. The van der Waals surface area contributed by atoms with Crippen molar-refractivity contribution in [3.05, 3.63) is 29.3 Å². The summed E-state index contributed by atoms with van der Waals surface area (Å²) >= 11 is 0. The molecular weight excluding hydrogens is 410 g/mol. The van der Waals surface area contributed by atoms with Crippen LogP contribution in [-0.2, 0) is 14.3 Å². The average Bonchev–Trinajstić information content (AvgIpc) is 2.77.